The summed E-state index contributed by atoms with van der Waals surface area (Å²) in [5.41, 5.74) is 0. The van der Waals surface area contributed by atoms with Crippen LogP contribution in [0.3, 0.4) is 0 Å². The molecule has 1 aromatic heterocycles. The van der Waals surface area contributed by atoms with Crippen LogP contribution in [0.2, 0.25) is 0 Å². The maximum atomic E-state index is 12.0. The van der Waals surface area contributed by atoms with E-state index in [1.54, 1.807) is 6.20 Å². The Morgan fingerprint density at radius 3 is 3.11 bits per heavy atom. The van der Waals surface area contributed by atoms with Gasteiger partial charge in [-0.3, -0.25) is 4.79 Å². The number of aromatic nitrogens is 1. The number of pyridine rings is 1. The quantitative estimate of drug-likeness (QED) is 0.925. The highest BCUT2D eigenvalue weighted by atomic mass is 79.9. The van der Waals surface area contributed by atoms with Crippen molar-refractivity contribution in [3.8, 4) is 0 Å². The Hall–Kier alpha value is -1.10. The predicted octanol–water partition coefficient (Wildman–Crippen LogP) is 2.59. The topological polar surface area (TPSA) is 45.2 Å². The summed E-state index contributed by atoms with van der Waals surface area (Å²) in [7, 11) is 0. The smallest absolute Gasteiger partial charge is 0.224 e. The fraction of sp³-hybridized carbons (Fsp3) is 0.571. The number of carbonyl (C=O) groups excluding carboxylic acids is 1. The van der Waals surface area contributed by atoms with Crippen LogP contribution in [0.15, 0.2) is 22.8 Å². The predicted molar refractivity (Wildman–Crippen MR) is 80.2 cm³/mol. The third-order valence-corrected chi connectivity index (χ3v) is 3.85. The minimum Gasteiger partial charge on any atom is -0.356 e. The molecule has 0 saturated carbocycles. The van der Waals surface area contributed by atoms with E-state index in [-0.39, 0.29) is 11.8 Å². The summed E-state index contributed by atoms with van der Waals surface area (Å²) in [6.45, 7) is 4.58. The van der Waals surface area contributed by atoms with Crippen molar-refractivity contribution in [3.63, 3.8) is 0 Å². The zero-order chi connectivity index (χ0) is 13.7. The first-order valence-corrected chi connectivity index (χ1v) is 7.64. The minimum atomic E-state index is 0.0887. The first-order valence-electron chi connectivity index (χ1n) is 6.85. The van der Waals surface area contributed by atoms with E-state index < -0.39 is 0 Å². The number of nitrogens with zero attached hydrogens (tertiary/aromatic N) is 2. The molecular formula is C14H20BrN3O. The van der Waals surface area contributed by atoms with Gasteiger partial charge in [0.1, 0.15) is 5.82 Å². The molecule has 0 aliphatic carbocycles. The average molecular weight is 326 g/mol. The van der Waals surface area contributed by atoms with E-state index >= 15 is 0 Å². The van der Waals surface area contributed by atoms with E-state index in [1.165, 1.54) is 0 Å². The van der Waals surface area contributed by atoms with Crippen LogP contribution >= 0.6 is 15.9 Å². The third-order valence-electron chi connectivity index (χ3n) is 3.38. The molecule has 2 rings (SSSR count). The van der Waals surface area contributed by atoms with Gasteiger partial charge in [0.15, 0.2) is 0 Å². The largest absolute Gasteiger partial charge is 0.356 e. The Kier molecular flexibility index (Phi) is 5.19. The number of anilines is 1. The molecule has 19 heavy (non-hydrogen) atoms. The molecule has 1 aromatic rings. The number of rotatable bonds is 4. The molecule has 0 radical (unpaired) electrons. The maximum absolute atomic E-state index is 12.0. The van der Waals surface area contributed by atoms with E-state index in [0.717, 1.165) is 49.2 Å². The second-order valence-electron chi connectivity index (χ2n) is 4.91. The minimum absolute atomic E-state index is 0.0887. The number of piperidine rings is 1. The Labute approximate surface area is 122 Å². The molecule has 1 unspecified atom stereocenters. The number of hydrogen-bond donors (Lipinski definition) is 1. The van der Waals surface area contributed by atoms with Crippen LogP contribution < -0.4 is 10.2 Å². The molecule has 1 saturated heterocycles. The van der Waals surface area contributed by atoms with Crippen molar-refractivity contribution < 1.29 is 4.79 Å². The molecule has 1 aliphatic rings. The standard InChI is InChI=1S/C14H20BrN3O/c1-2-7-16-14(19)11-4-3-8-18(10-11)13-6-5-12(15)9-17-13/h5-6,9,11H,2-4,7-8,10H2,1H3,(H,16,19). The van der Waals surface area contributed by atoms with Crippen molar-refractivity contribution in [2.75, 3.05) is 24.5 Å². The van der Waals surface area contributed by atoms with Gasteiger partial charge in [0.05, 0.1) is 5.92 Å². The van der Waals surface area contributed by atoms with Gasteiger partial charge in [-0.05, 0) is 47.3 Å². The lowest BCUT2D eigenvalue weighted by Crippen LogP contribution is -2.43. The highest BCUT2D eigenvalue weighted by molar-refractivity contribution is 9.10. The lowest BCUT2D eigenvalue weighted by atomic mass is 9.97. The molecule has 4 nitrogen and oxygen atoms in total. The van der Waals surface area contributed by atoms with Gasteiger partial charge in [-0.1, -0.05) is 6.92 Å². The lowest BCUT2D eigenvalue weighted by molar-refractivity contribution is -0.125. The summed E-state index contributed by atoms with van der Waals surface area (Å²) in [6, 6.07) is 3.99. The first-order chi connectivity index (χ1) is 9.20. The Bertz CT molecular complexity index is 421. The van der Waals surface area contributed by atoms with Crippen LogP contribution in [-0.2, 0) is 4.79 Å². The van der Waals surface area contributed by atoms with Crippen molar-refractivity contribution >= 4 is 27.7 Å². The number of hydrogen-bond acceptors (Lipinski definition) is 3. The molecule has 5 heteroatoms. The van der Waals surface area contributed by atoms with E-state index in [0.29, 0.717) is 0 Å². The van der Waals surface area contributed by atoms with Gasteiger partial charge in [0.2, 0.25) is 5.91 Å². The molecule has 1 aliphatic heterocycles. The number of amides is 1. The molecule has 1 fully saturated rings. The second-order valence-corrected chi connectivity index (χ2v) is 5.83. The Morgan fingerprint density at radius 1 is 1.58 bits per heavy atom. The van der Waals surface area contributed by atoms with Crippen molar-refractivity contribution in [1.29, 1.82) is 0 Å². The molecule has 1 amide bonds. The van der Waals surface area contributed by atoms with E-state index in [4.69, 9.17) is 0 Å². The molecule has 0 bridgehead atoms. The van der Waals surface area contributed by atoms with Crippen LogP contribution in [0.1, 0.15) is 26.2 Å². The van der Waals surface area contributed by atoms with Gasteiger partial charge in [0.25, 0.3) is 0 Å². The highest BCUT2D eigenvalue weighted by Crippen LogP contribution is 2.22. The highest BCUT2D eigenvalue weighted by Gasteiger charge is 2.26. The number of carbonyl (C=O) groups is 1. The first kappa shape index (κ1) is 14.3. The summed E-state index contributed by atoms with van der Waals surface area (Å²) in [5, 5.41) is 2.99. The van der Waals surface area contributed by atoms with Crippen LogP contribution in [0.25, 0.3) is 0 Å². The van der Waals surface area contributed by atoms with Crippen LogP contribution in [0.5, 0.6) is 0 Å². The summed E-state index contributed by atoms with van der Waals surface area (Å²) < 4.78 is 0.977. The molecular weight excluding hydrogens is 306 g/mol. The van der Waals surface area contributed by atoms with Crippen LogP contribution in [0.4, 0.5) is 5.82 Å². The van der Waals surface area contributed by atoms with Crippen LogP contribution in [0, 0.1) is 5.92 Å². The van der Waals surface area contributed by atoms with Crippen molar-refractivity contribution in [2.24, 2.45) is 5.92 Å². The molecule has 0 aromatic carbocycles. The fourth-order valence-electron chi connectivity index (χ4n) is 2.35. The molecule has 0 spiro atoms. The summed E-state index contributed by atoms with van der Waals surface area (Å²) in [4.78, 5) is 18.6. The maximum Gasteiger partial charge on any atom is 0.224 e. The van der Waals surface area contributed by atoms with Gasteiger partial charge < -0.3 is 10.2 Å². The second kappa shape index (κ2) is 6.89. The monoisotopic (exact) mass is 325 g/mol. The fourth-order valence-corrected chi connectivity index (χ4v) is 2.58. The van der Waals surface area contributed by atoms with Gasteiger partial charge in [-0.25, -0.2) is 4.98 Å². The van der Waals surface area contributed by atoms with Crippen molar-refractivity contribution in [1.82, 2.24) is 10.3 Å². The van der Waals surface area contributed by atoms with Crippen molar-refractivity contribution in [2.45, 2.75) is 26.2 Å². The summed E-state index contributed by atoms with van der Waals surface area (Å²) in [5.74, 6) is 1.23. The Balaban J connectivity index is 1.96. The Morgan fingerprint density at radius 2 is 2.42 bits per heavy atom. The molecule has 104 valence electrons. The summed E-state index contributed by atoms with van der Waals surface area (Å²) in [6.07, 6.45) is 4.80. The number of halogens is 1. The van der Waals surface area contributed by atoms with E-state index in [1.807, 2.05) is 12.1 Å². The zero-order valence-electron chi connectivity index (χ0n) is 11.2. The molecule has 2 heterocycles. The normalized spacial score (nSPS) is 19.3. The van der Waals surface area contributed by atoms with Crippen molar-refractivity contribution in [3.05, 3.63) is 22.8 Å². The molecule has 1 N–H and O–H groups in total. The van der Waals surface area contributed by atoms with Gasteiger partial charge in [-0.15, -0.1) is 0 Å². The van der Waals surface area contributed by atoms with Gasteiger partial charge >= 0.3 is 0 Å². The number of nitrogens with one attached hydrogen (secondary N) is 1. The average Bonchev–Trinajstić information content (AvgIpc) is 2.45. The third kappa shape index (κ3) is 3.93. The SMILES string of the molecule is CCCNC(=O)C1CCCN(c2ccc(Br)cn2)C1. The zero-order valence-corrected chi connectivity index (χ0v) is 12.8. The van der Waals surface area contributed by atoms with E-state index in [2.05, 4.69) is 38.1 Å². The van der Waals surface area contributed by atoms with Crippen LogP contribution in [-0.4, -0.2) is 30.5 Å². The lowest BCUT2D eigenvalue weighted by Gasteiger charge is -2.32. The van der Waals surface area contributed by atoms with Gasteiger partial charge in [-0.2, -0.15) is 0 Å². The van der Waals surface area contributed by atoms with Gasteiger partial charge in [0, 0.05) is 30.3 Å². The summed E-state index contributed by atoms with van der Waals surface area (Å²) >= 11 is 3.39. The van der Waals surface area contributed by atoms with E-state index in [9.17, 15) is 4.79 Å². The molecule has 1 atom stereocenters.